The highest BCUT2D eigenvalue weighted by atomic mass is 79.9. The summed E-state index contributed by atoms with van der Waals surface area (Å²) in [7, 11) is 0. The van der Waals surface area contributed by atoms with Gasteiger partial charge in [-0.25, -0.2) is 4.79 Å². The summed E-state index contributed by atoms with van der Waals surface area (Å²) in [6.07, 6.45) is 0.756. The lowest BCUT2D eigenvalue weighted by Crippen LogP contribution is -2.52. The van der Waals surface area contributed by atoms with E-state index in [1.165, 1.54) is 0 Å². The minimum atomic E-state index is -0.388. The van der Waals surface area contributed by atoms with Crippen LogP contribution in [-0.2, 0) is 4.79 Å². The van der Waals surface area contributed by atoms with Crippen molar-refractivity contribution in [2.24, 2.45) is 5.92 Å². The van der Waals surface area contributed by atoms with Gasteiger partial charge in [-0.2, -0.15) is 0 Å². The number of alkyl halides is 1. The Labute approximate surface area is 72.8 Å². The van der Waals surface area contributed by atoms with Crippen LogP contribution in [0.25, 0.3) is 0 Å². The number of nitrogens with one attached hydrogen (secondary N) is 2. The normalized spacial score (nSPS) is 24.3. The molecule has 2 N–H and O–H groups in total. The van der Waals surface area contributed by atoms with E-state index in [1.807, 2.05) is 0 Å². The van der Waals surface area contributed by atoms with E-state index in [0.717, 1.165) is 11.8 Å². The highest BCUT2D eigenvalue weighted by molar-refractivity contribution is 9.09. The van der Waals surface area contributed by atoms with Gasteiger partial charge in [0.25, 0.3) is 0 Å². The van der Waals surface area contributed by atoms with Gasteiger partial charge in [0.2, 0.25) is 5.91 Å². The van der Waals surface area contributed by atoms with Crippen molar-refractivity contribution in [2.75, 3.05) is 11.9 Å². The van der Waals surface area contributed by atoms with Crippen molar-refractivity contribution in [1.82, 2.24) is 10.6 Å². The highest BCUT2D eigenvalue weighted by Gasteiger charge is 2.24. The van der Waals surface area contributed by atoms with Gasteiger partial charge in [0.05, 0.1) is 5.92 Å². The third kappa shape index (κ3) is 2.18. The number of urea groups is 1. The summed E-state index contributed by atoms with van der Waals surface area (Å²) in [6.45, 7) is 0.455. The van der Waals surface area contributed by atoms with Crippen LogP contribution in [0.3, 0.4) is 0 Å². The van der Waals surface area contributed by atoms with Gasteiger partial charge in [0.1, 0.15) is 0 Å². The monoisotopic (exact) mass is 220 g/mol. The van der Waals surface area contributed by atoms with E-state index in [9.17, 15) is 9.59 Å². The third-order valence-corrected chi connectivity index (χ3v) is 2.03. The van der Waals surface area contributed by atoms with E-state index >= 15 is 0 Å². The summed E-state index contributed by atoms with van der Waals surface area (Å²) in [5.74, 6) is -0.250. The predicted molar refractivity (Wildman–Crippen MR) is 43.4 cm³/mol. The molecular weight excluding hydrogens is 212 g/mol. The van der Waals surface area contributed by atoms with Gasteiger partial charge >= 0.3 is 6.03 Å². The Morgan fingerprint density at radius 3 is 2.82 bits per heavy atom. The topological polar surface area (TPSA) is 58.2 Å². The molecule has 5 heteroatoms. The molecule has 0 bridgehead atoms. The minimum absolute atomic E-state index is 0.0768. The summed E-state index contributed by atoms with van der Waals surface area (Å²) in [5.41, 5.74) is 0. The number of rotatable bonds is 2. The predicted octanol–water partition coefficient (Wildman–Crippen LogP) is 0.227. The lowest BCUT2D eigenvalue weighted by molar-refractivity contribution is -0.124. The molecule has 11 heavy (non-hydrogen) atoms. The maximum absolute atomic E-state index is 11.0. The number of amides is 3. The van der Waals surface area contributed by atoms with Crippen molar-refractivity contribution in [2.45, 2.75) is 6.42 Å². The average Bonchev–Trinajstić information content (AvgIpc) is 1.95. The maximum Gasteiger partial charge on any atom is 0.321 e. The number of hydrogen-bond acceptors (Lipinski definition) is 2. The molecule has 0 radical (unpaired) electrons. The van der Waals surface area contributed by atoms with Crippen LogP contribution >= 0.6 is 15.9 Å². The van der Waals surface area contributed by atoms with Gasteiger partial charge < -0.3 is 5.32 Å². The Balaban J connectivity index is 2.44. The van der Waals surface area contributed by atoms with Crippen LogP contribution in [0.2, 0.25) is 0 Å². The molecule has 0 saturated carbocycles. The highest BCUT2D eigenvalue weighted by Crippen LogP contribution is 2.06. The smallest absolute Gasteiger partial charge is 0.321 e. The van der Waals surface area contributed by atoms with Gasteiger partial charge in [-0.05, 0) is 6.42 Å². The molecule has 1 saturated heterocycles. The second-order valence-electron chi connectivity index (χ2n) is 2.37. The zero-order valence-electron chi connectivity index (χ0n) is 5.89. The van der Waals surface area contributed by atoms with Gasteiger partial charge in [0.15, 0.2) is 0 Å². The molecule has 3 amide bonds. The van der Waals surface area contributed by atoms with Gasteiger partial charge in [0, 0.05) is 11.9 Å². The standard InChI is InChI=1S/C6H9BrN2O2/c7-2-1-4-3-8-6(11)9-5(4)10/h4H,1-3H2,(H2,8,9,10,11). The molecule has 0 aromatic carbocycles. The van der Waals surface area contributed by atoms with E-state index in [4.69, 9.17) is 0 Å². The molecule has 1 atom stereocenters. The van der Waals surface area contributed by atoms with E-state index in [2.05, 4.69) is 26.6 Å². The first-order valence-electron chi connectivity index (χ1n) is 3.38. The van der Waals surface area contributed by atoms with Crippen LogP contribution in [-0.4, -0.2) is 23.8 Å². The van der Waals surface area contributed by atoms with Crippen LogP contribution in [0.15, 0.2) is 0 Å². The third-order valence-electron chi connectivity index (χ3n) is 1.57. The lowest BCUT2D eigenvalue weighted by Gasteiger charge is -2.20. The summed E-state index contributed by atoms with van der Waals surface area (Å²) >= 11 is 3.23. The fourth-order valence-electron chi connectivity index (χ4n) is 0.932. The first-order valence-corrected chi connectivity index (χ1v) is 4.51. The maximum atomic E-state index is 11.0. The van der Waals surface area contributed by atoms with E-state index in [0.29, 0.717) is 6.54 Å². The van der Waals surface area contributed by atoms with Crippen molar-refractivity contribution in [3.8, 4) is 0 Å². The second-order valence-corrected chi connectivity index (χ2v) is 3.17. The molecule has 4 nitrogen and oxygen atoms in total. The second kappa shape index (κ2) is 3.71. The molecule has 1 unspecified atom stereocenters. The number of imide groups is 1. The SMILES string of the molecule is O=C1NCC(CCBr)C(=O)N1. The van der Waals surface area contributed by atoms with Crippen LogP contribution < -0.4 is 10.6 Å². The minimum Gasteiger partial charge on any atom is -0.337 e. The molecule has 0 aliphatic carbocycles. The first kappa shape index (κ1) is 8.52. The summed E-state index contributed by atoms with van der Waals surface area (Å²) in [6, 6.07) is -0.388. The fraction of sp³-hybridized carbons (Fsp3) is 0.667. The average molecular weight is 221 g/mol. The first-order chi connectivity index (χ1) is 5.24. The van der Waals surface area contributed by atoms with Crippen LogP contribution in [0.4, 0.5) is 4.79 Å². The zero-order chi connectivity index (χ0) is 8.27. The molecule has 1 fully saturated rings. The summed E-state index contributed by atoms with van der Waals surface area (Å²) in [5, 5.41) is 5.54. The number of halogens is 1. The van der Waals surface area contributed by atoms with E-state index in [1.54, 1.807) is 0 Å². The molecule has 0 aromatic rings. The Morgan fingerprint density at radius 2 is 2.27 bits per heavy atom. The molecule has 1 aliphatic rings. The van der Waals surface area contributed by atoms with Crippen LogP contribution in [0.1, 0.15) is 6.42 Å². The number of hydrogen-bond donors (Lipinski definition) is 2. The quantitative estimate of drug-likeness (QED) is 0.655. The largest absolute Gasteiger partial charge is 0.337 e. The molecule has 0 aromatic heterocycles. The zero-order valence-corrected chi connectivity index (χ0v) is 7.48. The summed E-state index contributed by atoms with van der Waals surface area (Å²) in [4.78, 5) is 21.6. The number of carbonyl (C=O) groups excluding carboxylic acids is 2. The Morgan fingerprint density at radius 1 is 1.55 bits per heavy atom. The van der Waals surface area contributed by atoms with E-state index in [-0.39, 0.29) is 17.9 Å². The van der Waals surface area contributed by atoms with Gasteiger partial charge in [-0.3, -0.25) is 10.1 Å². The molecule has 1 heterocycles. The summed E-state index contributed by atoms with van der Waals surface area (Å²) < 4.78 is 0. The Bertz CT molecular complexity index is 183. The Kier molecular flexibility index (Phi) is 2.87. The lowest BCUT2D eigenvalue weighted by atomic mass is 10.1. The van der Waals surface area contributed by atoms with Gasteiger partial charge in [-0.15, -0.1) is 0 Å². The van der Waals surface area contributed by atoms with Crippen LogP contribution in [0.5, 0.6) is 0 Å². The van der Waals surface area contributed by atoms with Crippen molar-refractivity contribution in [3.05, 3.63) is 0 Å². The Hall–Kier alpha value is -0.580. The van der Waals surface area contributed by atoms with Crippen molar-refractivity contribution < 1.29 is 9.59 Å². The molecular formula is C6H9BrN2O2. The van der Waals surface area contributed by atoms with E-state index < -0.39 is 0 Å². The van der Waals surface area contributed by atoms with Crippen molar-refractivity contribution in [3.63, 3.8) is 0 Å². The molecule has 1 aliphatic heterocycles. The van der Waals surface area contributed by atoms with Crippen LogP contribution in [0, 0.1) is 5.92 Å². The molecule has 62 valence electrons. The molecule has 0 spiro atoms. The van der Waals surface area contributed by atoms with Crippen molar-refractivity contribution in [1.29, 1.82) is 0 Å². The van der Waals surface area contributed by atoms with Gasteiger partial charge in [-0.1, -0.05) is 15.9 Å². The molecule has 1 rings (SSSR count). The van der Waals surface area contributed by atoms with Crippen molar-refractivity contribution >= 4 is 27.9 Å². The number of carbonyl (C=O) groups is 2. The fourth-order valence-corrected chi connectivity index (χ4v) is 1.48.